The van der Waals surface area contributed by atoms with E-state index in [0.29, 0.717) is 0 Å². The number of hydrogen-bond donors (Lipinski definition) is 0. The number of carbonyl (C=O) groups excluding carboxylic acids is 1. The molecule has 0 radical (unpaired) electrons. The summed E-state index contributed by atoms with van der Waals surface area (Å²) in [6, 6.07) is 1.93. The van der Waals surface area contributed by atoms with Crippen LogP contribution >= 0.6 is 0 Å². The van der Waals surface area contributed by atoms with E-state index in [4.69, 9.17) is 4.74 Å². The van der Waals surface area contributed by atoms with Crippen LogP contribution in [0, 0.1) is 0 Å². The summed E-state index contributed by atoms with van der Waals surface area (Å²) in [7, 11) is 0. The minimum atomic E-state index is -0.422. The summed E-state index contributed by atoms with van der Waals surface area (Å²) >= 11 is 0. The average Bonchev–Trinajstić information content (AvgIpc) is 2.88. The summed E-state index contributed by atoms with van der Waals surface area (Å²) in [6.45, 7) is 10.8. The molecule has 6 heteroatoms. The van der Waals surface area contributed by atoms with E-state index < -0.39 is 5.60 Å². The van der Waals surface area contributed by atoms with E-state index in [1.807, 2.05) is 37.7 Å². The van der Waals surface area contributed by atoms with Crippen molar-refractivity contribution in [1.82, 2.24) is 19.6 Å². The van der Waals surface area contributed by atoms with Crippen LogP contribution in [0.15, 0.2) is 18.5 Å². The van der Waals surface area contributed by atoms with Gasteiger partial charge in [-0.15, -0.1) is 0 Å². The van der Waals surface area contributed by atoms with Crippen LogP contribution in [-0.2, 0) is 11.3 Å². The van der Waals surface area contributed by atoms with Crippen LogP contribution in [0.4, 0.5) is 4.79 Å². The van der Waals surface area contributed by atoms with Crippen LogP contribution in [0.3, 0.4) is 0 Å². The van der Waals surface area contributed by atoms with E-state index in [-0.39, 0.29) is 6.09 Å². The third-order valence-corrected chi connectivity index (χ3v) is 3.23. The van der Waals surface area contributed by atoms with Crippen molar-refractivity contribution in [3.8, 4) is 0 Å². The summed E-state index contributed by atoms with van der Waals surface area (Å²) in [5.41, 5.74) is -0.422. The molecule has 112 valence electrons. The SMILES string of the molecule is CC(C)(C)OC(=O)N1CCN(CCn2cccn2)CC1. The minimum Gasteiger partial charge on any atom is -0.444 e. The molecule has 0 N–H and O–H groups in total. The molecule has 0 atom stereocenters. The second-order valence-corrected chi connectivity index (χ2v) is 6.08. The Morgan fingerprint density at radius 3 is 2.45 bits per heavy atom. The fourth-order valence-electron chi connectivity index (χ4n) is 2.16. The van der Waals surface area contributed by atoms with Crippen molar-refractivity contribution < 1.29 is 9.53 Å². The molecule has 0 unspecified atom stereocenters. The number of piperazine rings is 1. The first-order chi connectivity index (χ1) is 9.44. The van der Waals surface area contributed by atoms with Gasteiger partial charge in [-0.1, -0.05) is 0 Å². The Morgan fingerprint density at radius 2 is 1.90 bits per heavy atom. The van der Waals surface area contributed by atoms with Crippen LogP contribution in [0.25, 0.3) is 0 Å². The molecule has 2 heterocycles. The van der Waals surface area contributed by atoms with Crippen molar-refractivity contribution in [2.24, 2.45) is 0 Å². The molecule has 0 aliphatic carbocycles. The van der Waals surface area contributed by atoms with E-state index in [2.05, 4.69) is 10.00 Å². The maximum Gasteiger partial charge on any atom is 0.410 e. The van der Waals surface area contributed by atoms with Gasteiger partial charge in [0.1, 0.15) is 5.60 Å². The Balaban J connectivity index is 1.71. The van der Waals surface area contributed by atoms with Crippen molar-refractivity contribution in [2.75, 3.05) is 32.7 Å². The zero-order valence-corrected chi connectivity index (χ0v) is 12.6. The maximum atomic E-state index is 11.9. The normalized spacial score (nSPS) is 17.2. The molecule has 1 aliphatic rings. The van der Waals surface area contributed by atoms with Gasteiger partial charge in [0.25, 0.3) is 0 Å². The Kier molecular flexibility index (Phi) is 4.65. The lowest BCUT2D eigenvalue weighted by Crippen LogP contribution is -2.50. The largest absolute Gasteiger partial charge is 0.444 e. The molecule has 1 aromatic heterocycles. The van der Waals surface area contributed by atoms with Gasteiger partial charge in [0.2, 0.25) is 0 Å². The van der Waals surface area contributed by atoms with Crippen LogP contribution in [0.5, 0.6) is 0 Å². The molecule has 1 saturated heterocycles. The number of aromatic nitrogens is 2. The van der Waals surface area contributed by atoms with Gasteiger partial charge in [-0.25, -0.2) is 4.79 Å². The fourth-order valence-corrected chi connectivity index (χ4v) is 2.16. The molecule has 0 aromatic carbocycles. The zero-order chi connectivity index (χ0) is 14.6. The number of amides is 1. The van der Waals surface area contributed by atoms with Crippen molar-refractivity contribution in [2.45, 2.75) is 32.9 Å². The van der Waals surface area contributed by atoms with Gasteiger partial charge in [0, 0.05) is 45.1 Å². The number of carbonyl (C=O) groups is 1. The molecule has 0 saturated carbocycles. The molecule has 0 spiro atoms. The monoisotopic (exact) mass is 280 g/mol. The summed E-state index contributed by atoms with van der Waals surface area (Å²) in [4.78, 5) is 16.1. The highest BCUT2D eigenvalue weighted by atomic mass is 16.6. The fraction of sp³-hybridized carbons (Fsp3) is 0.714. The Bertz CT molecular complexity index is 417. The third kappa shape index (κ3) is 4.52. The summed E-state index contributed by atoms with van der Waals surface area (Å²) in [5, 5.41) is 4.19. The quantitative estimate of drug-likeness (QED) is 0.840. The minimum absolute atomic E-state index is 0.204. The lowest BCUT2D eigenvalue weighted by atomic mass is 10.2. The van der Waals surface area contributed by atoms with Crippen molar-refractivity contribution >= 4 is 6.09 Å². The maximum absolute atomic E-state index is 11.9. The first kappa shape index (κ1) is 14.8. The molecule has 0 bridgehead atoms. The number of ether oxygens (including phenoxy) is 1. The second kappa shape index (κ2) is 6.26. The van der Waals surface area contributed by atoms with E-state index in [9.17, 15) is 4.79 Å². The summed E-state index contributed by atoms with van der Waals surface area (Å²) < 4.78 is 7.32. The lowest BCUT2D eigenvalue weighted by molar-refractivity contribution is 0.0142. The predicted octanol–water partition coefficient (Wildman–Crippen LogP) is 1.44. The van der Waals surface area contributed by atoms with Gasteiger partial charge < -0.3 is 9.64 Å². The average molecular weight is 280 g/mol. The van der Waals surface area contributed by atoms with Crippen LogP contribution in [0.1, 0.15) is 20.8 Å². The van der Waals surface area contributed by atoms with E-state index in [1.54, 1.807) is 11.1 Å². The van der Waals surface area contributed by atoms with Crippen LogP contribution in [-0.4, -0.2) is 64.0 Å². The van der Waals surface area contributed by atoms with E-state index in [0.717, 1.165) is 39.3 Å². The molecule has 1 amide bonds. The number of hydrogen-bond acceptors (Lipinski definition) is 4. The van der Waals surface area contributed by atoms with Gasteiger partial charge in [0.05, 0.1) is 6.54 Å². The van der Waals surface area contributed by atoms with Gasteiger partial charge >= 0.3 is 6.09 Å². The van der Waals surface area contributed by atoms with Crippen molar-refractivity contribution in [3.05, 3.63) is 18.5 Å². The van der Waals surface area contributed by atoms with Gasteiger partial charge in [-0.3, -0.25) is 9.58 Å². The number of rotatable bonds is 3. The van der Waals surface area contributed by atoms with Gasteiger partial charge in [-0.05, 0) is 26.8 Å². The van der Waals surface area contributed by atoms with E-state index >= 15 is 0 Å². The predicted molar refractivity (Wildman–Crippen MR) is 76.5 cm³/mol. The molecule has 1 aliphatic heterocycles. The third-order valence-electron chi connectivity index (χ3n) is 3.23. The highest BCUT2D eigenvalue weighted by Gasteiger charge is 2.25. The second-order valence-electron chi connectivity index (χ2n) is 6.08. The van der Waals surface area contributed by atoms with Crippen molar-refractivity contribution in [3.63, 3.8) is 0 Å². The van der Waals surface area contributed by atoms with E-state index in [1.165, 1.54) is 0 Å². The first-order valence-corrected chi connectivity index (χ1v) is 7.12. The molecule has 2 rings (SSSR count). The highest BCUT2D eigenvalue weighted by molar-refractivity contribution is 5.68. The number of nitrogens with zero attached hydrogens (tertiary/aromatic N) is 4. The molecular weight excluding hydrogens is 256 g/mol. The standard InChI is InChI=1S/C14H24N4O2/c1-14(2,3)20-13(19)17-10-7-16(8-11-17)9-12-18-6-4-5-15-18/h4-6H,7-12H2,1-3H3. The first-order valence-electron chi connectivity index (χ1n) is 7.12. The van der Waals surface area contributed by atoms with Crippen molar-refractivity contribution in [1.29, 1.82) is 0 Å². The molecule has 20 heavy (non-hydrogen) atoms. The topological polar surface area (TPSA) is 50.6 Å². The molecule has 6 nitrogen and oxygen atoms in total. The zero-order valence-electron chi connectivity index (χ0n) is 12.6. The van der Waals surface area contributed by atoms with Crippen LogP contribution in [0.2, 0.25) is 0 Å². The molecular formula is C14H24N4O2. The van der Waals surface area contributed by atoms with Gasteiger partial charge in [-0.2, -0.15) is 5.10 Å². The Hall–Kier alpha value is -1.56. The van der Waals surface area contributed by atoms with Crippen LogP contribution < -0.4 is 0 Å². The Morgan fingerprint density at radius 1 is 1.20 bits per heavy atom. The summed E-state index contributed by atoms with van der Waals surface area (Å²) in [5.74, 6) is 0. The summed E-state index contributed by atoms with van der Waals surface area (Å²) in [6.07, 6.45) is 3.56. The lowest BCUT2D eigenvalue weighted by Gasteiger charge is -2.35. The smallest absolute Gasteiger partial charge is 0.410 e. The molecule has 1 fully saturated rings. The van der Waals surface area contributed by atoms with Gasteiger partial charge in [0.15, 0.2) is 0 Å². The highest BCUT2D eigenvalue weighted by Crippen LogP contribution is 2.11. The molecule has 1 aromatic rings. The Labute approximate surface area is 120 Å².